The summed E-state index contributed by atoms with van der Waals surface area (Å²) in [5.74, 6) is 0. The predicted octanol–water partition coefficient (Wildman–Crippen LogP) is 1.73. The first-order chi connectivity index (χ1) is 11.4. The largest absolute Gasteiger partial charge is 0.383 e. The van der Waals surface area contributed by atoms with Crippen LogP contribution in [0.3, 0.4) is 0 Å². The minimum atomic E-state index is -3.79. The Morgan fingerprint density at radius 2 is 1.96 bits per heavy atom. The van der Waals surface area contributed by atoms with Crippen LogP contribution in [0.15, 0.2) is 23.1 Å². The van der Waals surface area contributed by atoms with Gasteiger partial charge in [-0.1, -0.05) is 22.9 Å². The Labute approximate surface area is 150 Å². The molecule has 1 fully saturated rings. The summed E-state index contributed by atoms with van der Waals surface area (Å²) in [4.78, 5) is 12.6. The molecule has 0 aliphatic carbocycles. The lowest BCUT2D eigenvalue weighted by Crippen LogP contribution is -2.48. The minimum absolute atomic E-state index is 0.0393. The van der Waals surface area contributed by atoms with Gasteiger partial charge in [0.25, 0.3) is 5.69 Å². The highest BCUT2D eigenvalue weighted by molar-refractivity contribution is 9.09. The number of likely N-dealkylation sites (N-methyl/N-ethyl adjacent to an activating group) is 1. The minimum Gasteiger partial charge on any atom is -0.383 e. The first-order valence-electron chi connectivity index (χ1n) is 7.71. The maximum absolute atomic E-state index is 13.0. The number of rotatable bonds is 7. The van der Waals surface area contributed by atoms with Crippen LogP contribution < -0.4 is 5.32 Å². The van der Waals surface area contributed by atoms with Crippen LogP contribution in [-0.2, 0) is 10.0 Å². The lowest BCUT2D eigenvalue weighted by Gasteiger charge is -2.33. The summed E-state index contributed by atoms with van der Waals surface area (Å²) < 4.78 is 27.3. The summed E-state index contributed by atoms with van der Waals surface area (Å²) in [6.07, 6.45) is 0. The van der Waals surface area contributed by atoms with E-state index in [1.807, 2.05) is 6.92 Å². The van der Waals surface area contributed by atoms with Gasteiger partial charge in [0.2, 0.25) is 10.0 Å². The molecule has 0 amide bonds. The van der Waals surface area contributed by atoms with E-state index in [4.69, 9.17) is 0 Å². The fourth-order valence-corrected chi connectivity index (χ4v) is 4.40. The zero-order valence-electron chi connectivity index (χ0n) is 13.4. The molecule has 1 aromatic rings. The van der Waals surface area contributed by atoms with Gasteiger partial charge in [-0.15, -0.1) is 0 Å². The van der Waals surface area contributed by atoms with Crippen molar-refractivity contribution in [3.8, 4) is 0 Å². The van der Waals surface area contributed by atoms with Gasteiger partial charge in [0.15, 0.2) is 0 Å². The number of nitrogens with zero attached hydrogens (tertiary/aromatic N) is 3. The van der Waals surface area contributed by atoms with Crippen molar-refractivity contribution in [3.05, 3.63) is 28.3 Å². The Bertz CT molecular complexity index is 690. The molecule has 1 heterocycles. The second-order valence-electron chi connectivity index (χ2n) is 5.39. The first kappa shape index (κ1) is 19.1. The summed E-state index contributed by atoms with van der Waals surface area (Å²) in [5.41, 5.74) is 0.156. The van der Waals surface area contributed by atoms with Crippen molar-refractivity contribution in [2.24, 2.45) is 0 Å². The smallest absolute Gasteiger partial charge is 0.270 e. The molecule has 2 rings (SSSR count). The maximum atomic E-state index is 13.0. The molecule has 1 aliphatic rings. The summed E-state index contributed by atoms with van der Waals surface area (Å²) in [5, 5.41) is 14.7. The van der Waals surface area contributed by atoms with Crippen molar-refractivity contribution in [2.75, 3.05) is 49.9 Å². The number of non-ortho nitro benzene ring substituents is 1. The van der Waals surface area contributed by atoms with E-state index in [1.165, 1.54) is 16.4 Å². The van der Waals surface area contributed by atoms with Crippen LogP contribution in [0, 0.1) is 10.1 Å². The average Bonchev–Trinajstić information content (AvgIpc) is 2.59. The Hall–Kier alpha value is -1.23. The standard InChI is InChI=1S/C14H21BrN4O4S/c1-2-17-7-9-18(10-8-17)24(22,23)14-11-12(19(20)21)3-4-13(14)16-6-5-15/h3-4,11,16H,2,5-10H2,1H3. The first-order valence-corrected chi connectivity index (χ1v) is 10.3. The number of hydrogen-bond donors (Lipinski definition) is 1. The molecule has 134 valence electrons. The van der Waals surface area contributed by atoms with Gasteiger partial charge in [0.1, 0.15) is 4.90 Å². The van der Waals surface area contributed by atoms with Crippen molar-refractivity contribution in [2.45, 2.75) is 11.8 Å². The number of piperazine rings is 1. The Kier molecular flexibility index (Phi) is 6.55. The highest BCUT2D eigenvalue weighted by Crippen LogP contribution is 2.29. The monoisotopic (exact) mass is 420 g/mol. The zero-order chi connectivity index (χ0) is 17.7. The van der Waals surface area contributed by atoms with Crippen molar-refractivity contribution >= 4 is 37.3 Å². The van der Waals surface area contributed by atoms with E-state index < -0.39 is 14.9 Å². The van der Waals surface area contributed by atoms with Crippen LogP contribution in [-0.4, -0.2) is 67.1 Å². The van der Waals surface area contributed by atoms with Gasteiger partial charge < -0.3 is 10.2 Å². The van der Waals surface area contributed by atoms with Gasteiger partial charge in [-0.3, -0.25) is 10.1 Å². The molecule has 8 nitrogen and oxygen atoms in total. The number of hydrogen-bond acceptors (Lipinski definition) is 6. The third-order valence-electron chi connectivity index (χ3n) is 3.98. The van der Waals surface area contributed by atoms with Gasteiger partial charge in [-0.2, -0.15) is 4.31 Å². The number of sulfonamides is 1. The number of benzene rings is 1. The molecule has 0 unspecified atom stereocenters. The molecule has 0 atom stereocenters. The molecule has 10 heteroatoms. The van der Waals surface area contributed by atoms with Crippen molar-refractivity contribution in [1.29, 1.82) is 0 Å². The molecule has 1 N–H and O–H groups in total. The van der Waals surface area contributed by atoms with E-state index in [1.54, 1.807) is 0 Å². The molecule has 0 spiro atoms. The van der Waals surface area contributed by atoms with Crippen LogP contribution in [0.4, 0.5) is 11.4 Å². The second-order valence-corrected chi connectivity index (χ2v) is 8.09. The average molecular weight is 421 g/mol. The molecule has 0 bridgehead atoms. The van der Waals surface area contributed by atoms with Crippen LogP contribution in [0.1, 0.15) is 6.92 Å². The normalized spacial score (nSPS) is 16.9. The van der Waals surface area contributed by atoms with E-state index in [2.05, 4.69) is 26.1 Å². The third kappa shape index (κ3) is 4.24. The fourth-order valence-electron chi connectivity index (χ4n) is 2.59. The quantitative estimate of drug-likeness (QED) is 0.409. The van der Waals surface area contributed by atoms with Crippen molar-refractivity contribution in [3.63, 3.8) is 0 Å². The van der Waals surface area contributed by atoms with Crippen LogP contribution in [0.2, 0.25) is 0 Å². The number of nitrogens with one attached hydrogen (secondary N) is 1. The van der Waals surface area contributed by atoms with E-state index in [0.717, 1.165) is 12.6 Å². The fraction of sp³-hybridized carbons (Fsp3) is 0.571. The molecular weight excluding hydrogens is 400 g/mol. The Morgan fingerprint density at radius 1 is 1.29 bits per heavy atom. The highest BCUT2D eigenvalue weighted by Gasteiger charge is 2.31. The summed E-state index contributed by atoms with van der Waals surface area (Å²) in [6.45, 7) is 5.52. The SMILES string of the molecule is CCN1CCN(S(=O)(=O)c2cc([N+](=O)[O-])ccc2NCCBr)CC1. The molecule has 1 aromatic carbocycles. The number of anilines is 1. The predicted molar refractivity (Wildman–Crippen MR) is 96.3 cm³/mol. The van der Waals surface area contributed by atoms with Gasteiger partial charge in [-0.25, -0.2) is 8.42 Å². The number of alkyl halides is 1. The topological polar surface area (TPSA) is 95.8 Å². The lowest BCUT2D eigenvalue weighted by molar-refractivity contribution is -0.385. The Balaban J connectivity index is 2.36. The molecule has 0 saturated carbocycles. The molecule has 0 aromatic heterocycles. The van der Waals surface area contributed by atoms with E-state index in [9.17, 15) is 18.5 Å². The van der Waals surface area contributed by atoms with E-state index >= 15 is 0 Å². The molecular formula is C14H21BrN4O4S. The zero-order valence-corrected chi connectivity index (χ0v) is 15.8. The summed E-state index contributed by atoms with van der Waals surface area (Å²) in [7, 11) is -3.79. The van der Waals surface area contributed by atoms with Crippen molar-refractivity contribution < 1.29 is 13.3 Å². The summed E-state index contributed by atoms with van der Waals surface area (Å²) >= 11 is 3.27. The maximum Gasteiger partial charge on any atom is 0.270 e. The number of nitro benzene ring substituents is 1. The van der Waals surface area contributed by atoms with E-state index in [0.29, 0.717) is 43.7 Å². The molecule has 1 aliphatic heterocycles. The molecule has 1 saturated heterocycles. The van der Waals surface area contributed by atoms with Gasteiger partial charge >= 0.3 is 0 Å². The van der Waals surface area contributed by atoms with Crippen LogP contribution in [0.25, 0.3) is 0 Å². The second kappa shape index (κ2) is 8.24. The molecule has 24 heavy (non-hydrogen) atoms. The highest BCUT2D eigenvalue weighted by atomic mass is 79.9. The number of nitro groups is 1. The third-order valence-corrected chi connectivity index (χ3v) is 6.32. The lowest BCUT2D eigenvalue weighted by atomic mass is 10.3. The number of halogens is 1. The van der Waals surface area contributed by atoms with E-state index in [-0.39, 0.29) is 10.6 Å². The summed E-state index contributed by atoms with van der Waals surface area (Å²) in [6, 6.07) is 3.90. The van der Waals surface area contributed by atoms with Crippen LogP contribution >= 0.6 is 15.9 Å². The van der Waals surface area contributed by atoms with Crippen molar-refractivity contribution in [1.82, 2.24) is 9.21 Å². The van der Waals surface area contributed by atoms with Gasteiger partial charge in [0, 0.05) is 50.2 Å². The molecule has 0 radical (unpaired) electrons. The van der Waals surface area contributed by atoms with Crippen LogP contribution in [0.5, 0.6) is 0 Å². The van der Waals surface area contributed by atoms with Gasteiger partial charge in [0.05, 0.1) is 10.6 Å². The Morgan fingerprint density at radius 3 is 2.50 bits per heavy atom. The van der Waals surface area contributed by atoms with Gasteiger partial charge in [-0.05, 0) is 12.6 Å².